The van der Waals surface area contributed by atoms with Crippen LogP contribution in [0.15, 0.2) is 29.2 Å². The van der Waals surface area contributed by atoms with Crippen molar-refractivity contribution in [3.63, 3.8) is 0 Å². The topological polar surface area (TPSA) is 83.5 Å². The van der Waals surface area contributed by atoms with Gasteiger partial charge in [0.15, 0.2) is 0 Å². The molecule has 1 saturated carbocycles. The van der Waals surface area contributed by atoms with Crippen LogP contribution < -0.4 is 4.72 Å². The monoisotopic (exact) mass is 283 g/mol. The zero-order chi connectivity index (χ0) is 14.0. The van der Waals surface area contributed by atoms with E-state index >= 15 is 0 Å². The minimum absolute atomic E-state index is 0.136. The van der Waals surface area contributed by atoms with Crippen molar-refractivity contribution < 1.29 is 18.3 Å². The molecule has 0 aliphatic heterocycles. The number of carboxylic acid groups (broad SMARTS) is 1. The van der Waals surface area contributed by atoms with Gasteiger partial charge in [-0.1, -0.05) is 31.0 Å². The van der Waals surface area contributed by atoms with E-state index in [2.05, 4.69) is 4.72 Å². The largest absolute Gasteiger partial charge is 0.480 e. The number of carboxylic acids is 1. The third-order valence-corrected chi connectivity index (χ3v) is 4.88. The van der Waals surface area contributed by atoms with Crippen LogP contribution >= 0.6 is 0 Å². The average molecular weight is 283 g/mol. The van der Waals surface area contributed by atoms with Crippen molar-refractivity contribution >= 4 is 16.0 Å². The van der Waals surface area contributed by atoms with Crippen LogP contribution in [-0.4, -0.2) is 25.5 Å². The molecule has 5 nitrogen and oxygen atoms in total. The minimum atomic E-state index is -3.78. The molecule has 1 aliphatic carbocycles. The van der Waals surface area contributed by atoms with Crippen LogP contribution in [0.3, 0.4) is 0 Å². The fourth-order valence-electron chi connectivity index (χ4n) is 1.99. The van der Waals surface area contributed by atoms with Crippen LogP contribution in [0.25, 0.3) is 0 Å². The first kappa shape index (κ1) is 14.0. The Hall–Kier alpha value is -1.40. The quantitative estimate of drug-likeness (QED) is 0.829. The van der Waals surface area contributed by atoms with Crippen molar-refractivity contribution in [3.8, 4) is 0 Å². The van der Waals surface area contributed by atoms with E-state index in [0.29, 0.717) is 17.9 Å². The maximum absolute atomic E-state index is 12.2. The zero-order valence-corrected chi connectivity index (χ0v) is 11.5. The predicted molar refractivity (Wildman–Crippen MR) is 70.3 cm³/mol. The summed E-state index contributed by atoms with van der Waals surface area (Å²) in [7, 11) is -3.78. The Balaban J connectivity index is 2.19. The lowest BCUT2D eigenvalue weighted by Crippen LogP contribution is -2.41. The van der Waals surface area contributed by atoms with E-state index in [1.165, 1.54) is 6.07 Å². The van der Waals surface area contributed by atoms with Crippen LogP contribution in [0.2, 0.25) is 0 Å². The lowest BCUT2D eigenvalue weighted by atomic mass is 10.1. The molecular weight excluding hydrogens is 266 g/mol. The van der Waals surface area contributed by atoms with Crippen LogP contribution in [0.1, 0.15) is 24.8 Å². The second-order valence-electron chi connectivity index (χ2n) is 4.96. The SMILES string of the molecule is Cc1ccccc1S(=O)(=O)NC(CC1CC1)C(=O)O. The molecule has 1 atom stereocenters. The molecule has 6 heteroatoms. The summed E-state index contributed by atoms with van der Waals surface area (Å²) in [6.45, 7) is 1.69. The Morgan fingerprint density at radius 2 is 2.05 bits per heavy atom. The van der Waals surface area contributed by atoms with E-state index in [1.807, 2.05) is 0 Å². The van der Waals surface area contributed by atoms with Crippen LogP contribution in [-0.2, 0) is 14.8 Å². The van der Waals surface area contributed by atoms with Crippen LogP contribution in [0, 0.1) is 12.8 Å². The Bertz CT molecular complexity index is 578. The van der Waals surface area contributed by atoms with Crippen molar-refractivity contribution in [2.75, 3.05) is 0 Å². The minimum Gasteiger partial charge on any atom is -0.480 e. The molecule has 1 aromatic rings. The molecule has 0 radical (unpaired) electrons. The van der Waals surface area contributed by atoms with E-state index in [0.717, 1.165) is 12.8 Å². The molecule has 0 spiro atoms. The van der Waals surface area contributed by atoms with Crippen molar-refractivity contribution in [3.05, 3.63) is 29.8 Å². The molecule has 2 rings (SSSR count). The number of benzene rings is 1. The Kier molecular flexibility index (Phi) is 3.91. The zero-order valence-electron chi connectivity index (χ0n) is 10.7. The van der Waals surface area contributed by atoms with Crippen molar-refractivity contribution in [1.29, 1.82) is 0 Å². The maximum atomic E-state index is 12.2. The first-order valence-electron chi connectivity index (χ1n) is 6.21. The molecule has 0 saturated heterocycles. The summed E-state index contributed by atoms with van der Waals surface area (Å²) in [5, 5.41) is 9.10. The van der Waals surface area contributed by atoms with Gasteiger partial charge in [0.1, 0.15) is 6.04 Å². The number of aliphatic carboxylic acids is 1. The highest BCUT2D eigenvalue weighted by atomic mass is 32.2. The molecule has 0 bridgehead atoms. The first-order chi connectivity index (χ1) is 8.90. The van der Waals surface area contributed by atoms with Gasteiger partial charge in [0.05, 0.1) is 4.90 Å². The molecule has 19 heavy (non-hydrogen) atoms. The fraction of sp³-hybridized carbons (Fsp3) is 0.462. The molecule has 1 aromatic carbocycles. The third kappa shape index (κ3) is 3.54. The van der Waals surface area contributed by atoms with Gasteiger partial charge in [-0.2, -0.15) is 4.72 Å². The number of hydrogen-bond acceptors (Lipinski definition) is 3. The predicted octanol–water partition coefficient (Wildman–Crippen LogP) is 1.53. The Morgan fingerprint density at radius 3 is 2.58 bits per heavy atom. The molecule has 0 heterocycles. The number of rotatable bonds is 6. The van der Waals surface area contributed by atoms with Crippen LogP contribution in [0.5, 0.6) is 0 Å². The summed E-state index contributed by atoms with van der Waals surface area (Å²) in [4.78, 5) is 11.3. The number of sulfonamides is 1. The summed E-state index contributed by atoms with van der Waals surface area (Å²) in [6, 6.07) is 5.49. The Morgan fingerprint density at radius 1 is 1.42 bits per heavy atom. The molecule has 0 amide bonds. The molecule has 2 N–H and O–H groups in total. The standard InChI is InChI=1S/C13H17NO4S/c1-9-4-2-3-5-12(9)19(17,18)14-11(13(15)16)8-10-6-7-10/h2-5,10-11,14H,6-8H2,1H3,(H,15,16). The van der Waals surface area contributed by atoms with Gasteiger partial charge in [0.2, 0.25) is 10.0 Å². The fourth-order valence-corrected chi connectivity index (χ4v) is 3.44. The van der Waals surface area contributed by atoms with Gasteiger partial charge in [-0.15, -0.1) is 0 Å². The lowest BCUT2D eigenvalue weighted by molar-refractivity contribution is -0.139. The number of nitrogens with one attached hydrogen (secondary N) is 1. The van der Waals surface area contributed by atoms with E-state index < -0.39 is 22.0 Å². The highest BCUT2D eigenvalue weighted by Gasteiger charge is 2.32. The summed E-state index contributed by atoms with van der Waals surface area (Å²) < 4.78 is 26.7. The second kappa shape index (κ2) is 5.30. The second-order valence-corrected chi connectivity index (χ2v) is 6.64. The molecular formula is C13H17NO4S. The highest BCUT2D eigenvalue weighted by molar-refractivity contribution is 7.89. The van der Waals surface area contributed by atoms with E-state index in [1.54, 1.807) is 25.1 Å². The number of carbonyl (C=O) groups is 1. The normalized spacial score (nSPS) is 17.1. The van der Waals surface area contributed by atoms with Gasteiger partial charge < -0.3 is 5.11 Å². The van der Waals surface area contributed by atoms with E-state index in [9.17, 15) is 13.2 Å². The van der Waals surface area contributed by atoms with Gasteiger partial charge in [0, 0.05) is 0 Å². The third-order valence-electron chi connectivity index (χ3n) is 3.24. The summed E-state index contributed by atoms with van der Waals surface area (Å²) in [6.07, 6.45) is 2.33. The average Bonchev–Trinajstić information content (AvgIpc) is 3.12. The molecule has 0 aromatic heterocycles. The van der Waals surface area contributed by atoms with Crippen molar-refractivity contribution in [2.24, 2.45) is 5.92 Å². The number of hydrogen-bond donors (Lipinski definition) is 2. The summed E-state index contributed by atoms with van der Waals surface area (Å²) in [5.74, 6) is -0.787. The highest BCUT2D eigenvalue weighted by Crippen LogP contribution is 2.33. The van der Waals surface area contributed by atoms with Crippen molar-refractivity contribution in [1.82, 2.24) is 4.72 Å². The van der Waals surface area contributed by atoms with Gasteiger partial charge >= 0.3 is 5.97 Å². The van der Waals surface area contributed by atoms with Crippen molar-refractivity contribution in [2.45, 2.75) is 37.1 Å². The molecule has 1 unspecified atom stereocenters. The smallest absolute Gasteiger partial charge is 0.321 e. The van der Waals surface area contributed by atoms with Gasteiger partial charge in [-0.3, -0.25) is 4.79 Å². The maximum Gasteiger partial charge on any atom is 0.321 e. The summed E-state index contributed by atoms with van der Waals surface area (Å²) in [5.41, 5.74) is 0.602. The first-order valence-corrected chi connectivity index (χ1v) is 7.69. The lowest BCUT2D eigenvalue weighted by Gasteiger charge is -2.15. The summed E-state index contributed by atoms with van der Waals surface area (Å²) >= 11 is 0. The van der Waals surface area contributed by atoms with Gasteiger partial charge in [-0.05, 0) is 30.9 Å². The van der Waals surface area contributed by atoms with E-state index in [4.69, 9.17) is 5.11 Å². The van der Waals surface area contributed by atoms with Crippen LogP contribution in [0.4, 0.5) is 0 Å². The van der Waals surface area contributed by atoms with E-state index in [-0.39, 0.29) is 4.90 Å². The molecule has 104 valence electrons. The van der Waals surface area contributed by atoms with Gasteiger partial charge in [-0.25, -0.2) is 8.42 Å². The number of aryl methyl sites for hydroxylation is 1. The Labute approximate surface area is 112 Å². The molecule has 1 aliphatic rings. The molecule has 1 fully saturated rings. The van der Waals surface area contributed by atoms with Gasteiger partial charge in [0.25, 0.3) is 0 Å².